The van der Waals surface area contributed by atoms with Gasteiger partial charge in [-0.2, -0.15) is 0 Å². The maximum atomic E-state index is 13.6. The number of nitrogens with one attached hydrogen (secondary N) is 1. The molecule has 0 fully saturated rings. The Morgan fingerprint density at radius 1 is 1.30 bits per heavy atom. The lowest BCUT2D eigenvalue weighted by Crippen LogP contribution is -2.06. The number of hydrogen-bond acceptors (Lipinski definition) is 3. The second-order valence-electron chi connectivity index (χ2n) is 4.02. The molecule has 0 unspecified atom stereocenters. The smallest absolute Gasteiger partial charge is 0.358 e. The van der Waals surface area contributed by atoms with E-state index in [-0.39, 0.29) is 18.1 Å². The van der Waals surface area contributed by atoms with Crippen molar-refractivity contribution in [1.82, 2.24) is 9.97 Å². The van der Waals surface area contributed by atoms with Crippen LogP contribution >= 0.6 is 0 Å². The topological polar surface area (TPSA) is 55.0 Å². The molecule has 4 nitrogen and oxygen atoms in total. The van der Waals surface area contributed by atoms with Gasteiger partial charge in [0.25, 0.3) is 0 Å². The van der Waals surface area contributed by atoms with E-state index in [1.807, 2.05) is 0 Å². The van der Waals surface area contributed by atoms with Gasteiger partial charge in [-0.05, 0) is 13.8 Å². The number of hydrogen-bond donors (Lipinski definition) is 1. The van der Waals surface area contributed by atoms with E-state index < -0.39 is 29.0 Å². The Bertz CT molecular complexity index is 645. The number of esters is 1. The Balaban J connectivity index is 2.50. The number of imidazole rings is 1. The van der Waals surface area contributed by atoms with Crippen molar-refractivity contribution in [2.45, 2.75) is 13.8 Å². The lowest BCUT2D eigenvalue weighted by Gasteiger charge is -2.01. The van der Waals surface area contributed by atoms with Crippen LogP contribution < -0.4 is 0 Å². The van der Waals surface area contributed by atoms with E-state index >= 15 is 0 Å². The molecule has 0 aliphatic carbocycles. The van der Waals surface area contributed by atoms with Crippen molar-refractivity contribution >= 4 is 5.97 Å². The average Bonchev–Trinajstić information content (AvgIpc) is 2.70. The molecule has 0 bridgehead atoms. The SMILES string of the molecule is CCOC(=O)c1nc(-c2c(F)cc(F)cc2F)[nH]c1C. The van der Waals surface area contributed by atoms with Gasteiger partial charge in [-0.25, -0.2) is 22.9 Å². The summed E-state index contributed by atoms with van der Waals surface area (Å²) < 4.78 is 44.9. The number of carbonyl (C=O) groups excluding carboxylic acids is 1. The molecule has 1 N–H and O–H groups in total. The van der Waals surface area contributed by atoms with Gasteiger partial charge < -0.3 is 9.72 Å². The van der Waals surface area contributed by atoms with Crippen LogP contribution in [0.15, 0.2) is 12.1 Å². The summed E-state index contributed by atoms with van der Waals surface area (Å²) in [5.41, 5.74) is -0.281. The number of aryl methyl sites for hydroxylation is 1. The first-order valence-electron chi connectivity index (χ1n) is 5.82. The highest BCUT2D eigenvalue weighted by Crippen LogP contribution is 2.25. The summed E-state index contributed by atoms with van der Waals surface area (Å²) in [6.45, 7) is 3.29. The standard InChI is InChI=1S/C13H11F3N2O2/c1-3-20-13(19)11-6(2)17-12(18-11)10-8(15)4-7(14)5-9(10)16/h4-5H,3H2,1-2H3,(H,17,18). The molecule has 106 valence electrons. The van der Waals surface area contributed by atoms with Gasteiger partial charge >= 0.3 is 5.97 Å². The van der Waals surface area contributed by atoms with E-state index in [9.17, 15) is 18.0 Å². The second kappa shape index (κ2) is 5.36. The molecule has 20 heavy (non-hydrogen) atoms. The van der Waals surface area contributed by atoms with E-state index in [1.54, 1.807) is 6.92 Å². The summed E-state index contributed by atoms with van der Waals surface area (Å²) in [6, 6.07) is 1.08. The quantitative estimate of drug-likeness (QED) is 0.881. The lowest BCUT2D eigenvalue weighted by molar-refractivity contribution is 0.0519. The summed E-state index contributed by atoms with van der Waals surface area (Å²) in [5, 5.41) is 0. The van der Waals surface area contributed by atoms with Crippen LogP contribution in [0.1, 0.15) is 23.1 Å². The van der Waals surface area contributed by atoms with Gasteiger partial charge in [0.1, 0.15) is 23.3 Å². The number of carbonyl (C=O) groups is 1. The van der Waals surface area contributed by atoms with Crippen LogP contribution in [0.3, 0.4) is 0 Å². The van der Waals surface area contributed by atoms with Gasteiger partial charge in [-0.3, -0.25) is 0 Å². The summed E-state index contributed by atoms with van der Waals surface area (Å²) >= 11 is 0. The van der Waals surface area contributed by atoms with E-state index in [0.717, 1.165) is 0 Å². The van der Waals surface area contributed by atoms with Crippen molar-refractivity contribution in [3.63, 3.8) is 0 Å². The number of rotatable bonds is 3. The average molecular weight is 284 g/mol. The highest BCUT2D eigenvalue weighted by molar-refractivity contribution is 5.89. The minimum atomic E-state index is -1.10. The molecule has 0 amide bonds. The van der Waals surface area contributed by atoms with E-state index in [1.165, 1.54) is 6.92 Å². The largest absolute Gasteiger partial charge is 0.461 e. The van der Waals surface area contributed by atoms with Crippen LogP contribution in [-0.4, -0.2) is 22.5 Å². The van der Waals surface area contributed by atoms with Gasteiger partial charge in [-0.1, -0.05) is 0 Å². The fraction of sp³-hybridized carbons (Fsp3) is 0.231. The fourth-order valence-electron chi connectivity index (χ4n) is 1.75. The molecular weight excluding hydrogens is 273 g/mol. The molecule has 1 aromatic heterocycles. The molecule has 0 aliphatic rings. The first-order chi connectivity index (χ1) is 9.43. The highest BCUT2D eigenvalue weighted by Gasteiger charge is 2.21. The Morgan fingerprint density at radius 3 is 2.45 bits per heavy atom. The summed E-state index contributed by atoms with van der Waals surface area (Å²) in [6.07, 6.45) is 0. The molecule has 2 rings (SSSR count). The zero-order valence-electron chi connectivity index (χ0n) is 10.8. The number of halogens is 3. The molecule has 1 aromatic carbocycles. The van der Waals surface area contributed by atoms with Crippen molar-refractivity contribution < 1.29 is 22.7 Å². The minimum Gasteiger partial charge on any atom is -0.461 e. The summed E-state index contributed by atoms with van der Waals surface area (Å²) in [5.74, 6) is -4.13. The number of H-pyrrole nitrogens is 1. The normalized spacial score (nSPS) is 10.7. The molecule has 0 saturated heterocycles. The van der Waals surface area contributed by atoms with E-state index in [2.05, 4.69) is 9.97 Å². The second-order valence-corrected chi connectivity index (χ2v) is 4.02. The third kappa shape index (κ3) is 2.52. The maximum absolute atomic E-state index is 13.6. The Kier molecular flexibility index (Phi) is 3.78. The van der Waals surface area contributed by atoms with Crippen LogP contribution in [0.5, 0.6) is 0 Å². The van der Waals surface area contributed by atoms with Crippen LogP contribution in [0.2, 0.25) is 0 Å². The van der Waals surface area contributed by atoms with E-state index in [0.29, 0.717) is 17.8 Å². The Morgan fingerprint density at radius 2 is 1.90 bits per heavy atom. The van der Waals surface area contributed by atoms with Gasteiger partial charge in [0.05, 0.1) is 12.2 Å². The van der Waals surface area contributed by atoms with Crippen molar-refractivity contribution in [3.05, 3.63) is 41.0 Å². The predicted octanol–water partition coefficient (Wildman–Crippen LogP) is 2.98. The van der Waals surface area contributed by atoms with Crippen LogP contribution in [0, 0.1) is 24.4 Å². The van der Waals surface area contributed by atoms with Gasteiger partial charge in [0.15, 0.2) is 5.69 Å². The lowest BCUT2D eigenvalue weighted by atomic mass is 10.2. The summed E-state index contributed by atoms with van der Waals surface area (Å²) in [4.78, 5) is 18.0. The van der Waals surface area contributed by atoms with Gasteiger partial charge in [-0.15, -0.1) is 0 Å². The van der Waals surface area contributed by atoms with E-state index in [4.69, 9.17) is 4.74 Å². The van der Waals surface area contributed by atoms with Crippen molar-refractivity contribution in [3.8, 4) is 11.4 Å². The Labute approximate surface area is 112 Å². The number of ether oxygens (including phenoxy) is 1. The highest BCUT2D eigenvalue weighted by atomic mass is 19.1. The molecule has 0 aliphatic heterocycles. The van der Waals surface area contributed by atoms with Crippen molar-refractivity contribution in [2.75, 3.05) is 6.61 Å². The molecule has 2 aromatic rings. The number of aromatic amines is 1. The fourth-order valence-corrected chi connectivity index (χ4v) is 1.75. The molecule has 0 saturated carbocycles. The third-order valence-electron chi connectivity index (χ3n) is 2.60. The van der Waals surface area contributed by atoms with Gasteiger partial charge in [0.2, 0.25) is 0 Å². The number of aromatic nitrogens is 2. The zero-order chi connectivity index (χ0) is 14.9. The number of benzene rings is 1. The minimum absolute atomic E-state index is 0.0648. The number of nitrogens with zero attached hydrogens (tertiary/aromatic N) is 1. The first-order valence-corrected chi connectivity index (χ1v) is 5.82. The third-order valence-corrected chi connectivity index (χ3v) is 2.60. The molecule has 0 atom stereocenters. The monoisotopic (exact) mass is 284 g/mol. The summed E-state index contributed by atoms with van der Waals surface area (Å²) in [7, 11) is 0. The zero-order valence-corrected chi connectivity index (χ0v) is 10.8. The molecule has 0 radical (unpaired) electrons. The van der Waals surface area contributed by atoms with Crippen molar-refractivity contribution in [1.29, 1.82) is 0 Å². The van der Waals surface area contributed by atoms with Crippen LogP contribution in [0.4, 0.5) is 13.2 Å². The molecule has 7 heteroatoms. The predicted molar refractivity (Wildman–Crippen MR) is 64.6 cm³/mol. The van der Waals surface area contributed by atoms with Crippen LogP contribution in [0.25, 0.3) is 11.4 Å². The molecule has 1 heterocycles. The molecule has 0 spiro atoms. The van der Waals surface area contributed by atoms with Crippen molar-refractivity contribution in [2.24, 2.45) is 0 Å². The first kappa shape index (κ1) is 14.1. The Hall–Kier alpha value is -2.31. The van der Waals surface area contributed by atoms with Crippen LogP contribution in [-0.2, 0) is 4.74 Å². The van der Waals surface area contributed by atoms with Gasteiger partial charge in [0, 0.05) is 17.8 Å². The molecular formula is C13H11F3N2O2. The maximum Gasteiger partial charge on any atom is 0.358 e.